The molecule has 3 aromatic rings. The highest BCUT2D eigenvalue weighted by molar-refractivity contribution is 5.98. The van der Waals surface area contributed by atoms with Gasteiger partial charge in [-0.2, -0.15) is 5.10 Å². The number of amides is 1. The van der Waals surface area contributed by atoms with Gasteiger partial charge in [0.1, 0.15) is 12.7 Å². The molecule has 1 saturated heterocycles. The monoisotopic (exact) mass is 361 g/mol. The lowest BCUT2D eigenvalue weighted by Crippen LogP contribution is -2.54. The molecule has 27 heavy (non-hydrogen) atoms. The molecule has 0 spiro atoms. The van der Waals surface area contributed by atoms with E-state index < -0.39 is 0 Å². The highest BCUT2D eigenvalue weighted by atomic mass is 16.2. The molecule has 1 aliphatic heterocycles. The summed E-state index contributed by atoms with van der Waals surface area (Å²) in [6.45, 7) is 6.58. The lowest BCUT2D eigenvalue weighted by Gasteiger charge is -2.41. The summed E-state index contributed by atoms with van der Waals surface area (Å²) in [6, 6.07) is 16.1. The molecule has 0 saturated carbocycles. The number of anilines is 1. The average molecular weight is 361 g/mol. The molecule has 0 radical (unpaired) electrons. The number of rotatable bonds is 3. The first-order chi connectivity index (χ1) is 13.1. The summed E-state index contributed by atoms with van der Waals surface area (Å²) in [5.41, 5.74) is 3.92. The fourth-order valence-electron chi connectivity index (χ4n) is 3.74. The van der Waals surface area contributed by atoms with Gasteiger partial charge in [-0.15, -0.1) is 0 Å². The number of hydrogen-bond acceptors (Lipinski definition) is 4. The highest BCUT2D eigenvalue weighted by Gasteiger charge is 2.30. The predicted molar refractivity (Wildman–Crippen MR) is 105 cm³/mol. The first kappa shape index (κ1) is 17.3. The van der Waals surface area contributed by atoms with Crippen molar-refractivity contribution < 1.29 is 4.79 Å². The van der Waals surface area contributed by atoms with Crippen LogP contribution in [0.5, 0.6) is 0 Å². The minimum Gasteiger partial charge on any atom is -0.367 e. The fraction of sp³-hybridized carbons (Fsp3) is 0.286. The van der Waals surface area contributed by atoms with Gasteiger partial charge in [-0.05, 0) is 37.6 Å². The Morgan fingerprint density at radius 2 is 1.78 bits per heavy atom. The van der Waals surface area contributed by atoms with Gasteiger partial charge < -0.3 is 9.80 Å². The van der Waals surface area contributed by atoms with Crippen molar-refractivity contribution in [3.8, 4) is 5.69 Å². The van der Waals surface area contributed by atoms with Crippen molar-refractivity contribution in [2.45, 2.75) is 19.9 Å². The molecule has 1 aliphatic rings. The zero-order chi connectivity index (χ0) is 18.8. The van der Waals surface area contributed by atoms with E-state index >= 15 is 0 Å². The molecule has 6 heteroatoms. The number of aryl methyl sites for hydroxylation is 1. The summed E-state index contributed by atoms with van der Waals surface area (Å²) in [6.07, 6.45) is 3.09. The summed E-state index contributed by atoms with van der Waals surface area (Å²) >= 11 is 0. The van der Waals surface area contributed by atoms with E-state index in [9.17, 15) is 4.79 Å². The Kier molecular flexibility index (Phi) is 4.62. The molecule has 1 atom stereocenters. The van der Waals surface area contributed by atoms with E-state index in [0.717, 1.165) is 18.8 Å². The third kappa shape index (κ3) is 3.30. The second-order valence-corrected chi connectivity index (χ2v) is 6.94. The van der Waals surface area contributed by atoms with E-state index in [0.29, 0.717) is 12.1 Å². The second kappa shape index (κ2) is 7.23. The van der Waals surface area contributed by atoms with Crippen LogP contribution in [0.15, 0.2) is 61.2 Å². The van der Waals surface area contributed by atoms with Crippen LogP contribution in [-0.4, -0.2) is 51.2 Å². The molecule has 4 rings (SSSR count). The number of hydrogen-bond donors (Lipinski definition) is 0. The van der Waals surface area contributed by atoms with Gasteiger partial charge >= 0.3 is 0 Å². The largest absolute Gasteiger partial charge is 0.367 e. The third-order valence-corrected chi connectivity index (χ3v) is 5.14. The van der Waals surface area contributed by atoms with E-state index in [4.69, 9.17) is 0 Å². The maximum absolute atomic E-state index is 13.3. The number of benzene rings is 2. The van der Waals surface area contributed by atoms with Crippen LogP contribution < -0.4 is 4.90 Å². The molecular weight excluding hydrogens is 338 g/mol. The first-order valence-corrected chi connectivity index (χ1v) is 9.20. The number of piperazine rings is 1. The number of nitrogens with zero attached hydrogens (tertiary/aromatic N) is 5. The SMILES string of the molecule is Cc1ccccc1N1CCN(C(=O)c2ccccc2-n2cncn2)C(C)C1. The smallest absolute Gasteiger partial charge is 0.256 e. The Morgan fingerprint density at radius 3 is 2.48 bits per heavy atom. The summed E-state index contributed by atoms with van der Waals surface area (Å²) in [7, 11) is 0. The number of aromatic nitrogens is 3. The summed E-state index contributed by atoms with van der Waals surface area (Å²) in [4.78, 5) is 21.6. The van der Waals surface area contributed by atoms with Crippen LogP contribution in [0.25, 0.3) is 5.69 Å². The van der Waals surface area contributed by atoms with Crippen molar-refractivity contribution in [2.75, 3.05) is 24.5 Å². The predicted octanol–water partition coefficient (Wildman–Crippen LogP) is 2.93. The topological polar surface area (TPSA) is 54.3 Å². The number of carbonyl (C=O) groups is 1. The maximum Gasteiger partial charge on any atom is 0.256 e. The van der Waals surface area contributed by atoms with Gasteiger partial charge in [-0.1, -0.05) is 30.3 Å². The lowest BCUT2D eigenvalue weighted by atomic mass is 10.1. The molecule has 2 aromatic carbocycles. The molecule has 1 fully saturated rings. The van der Waals surface area contributed by atoms with Crippen LogP contribution in [0.2, 0.25) is 0 Å². The summed E-state index contributed by atoms with van der Waals surface area (Å²) in [5.74, 6) is 0.0398. The van der Waals surface area contributed by atoms with E-state index in [1.165, 1.54) is 17.6 Å². The standard InChI is InChI=1S/C21H23N5O/c1-16-7-3-5-9-19(16)24-11-12-25(17(2)13-24)21(27)18-8-4-6-10-20(18)26-15-22-14-23-26/h3-10,14-15,17H,11-13H2,1-2H3. The van der Waals surface area contributed by atoms with Crippen molar-refractivity contribution in [1.29, 1.82) is 0 Å². The molecule has 1 amide bonds. The van der Waals surface area contributed by atoms with Gasteiger partial charge in [0.2, 0.25) is 0 Å². The summed E-state index contributed by atoms with van der Waals surface area (Å²) in [5, 5.41) is 4.18. The average Bonchev–Trinajstić information content (AvgIpc) is 3.22. The van der Waals surface area contributed by atoms with Crippen molar-refractivity contribution >= 4 is 11.6 Å². The van der Waals surface area contributed by atoms with Crippen molar-refractivity contribution in [3.63, 3.8) is 0 Å². The van der Waals surface area contributed by atoms with E-state index in [1.807, 2.05) is 29.2 Å². The molecular formula is C21H23N5O. The molecule has 2 heterocycles. The normalized spacial score (nSPS) is 17.2. The summed E-state index contributed by atoms with van der Waals surface area (Å²) < 4.78 is 1.64. The molecule has 0 N–H and O–H groups in total. The number of carbonyl (C=O) groups excluding carboxylic acids is 1. The fourth-order valence-corrected chi connectivity index (χ4v) is 3.74. The Hall–Kier alpha value is -3.15. The molecule has 0 aliphatic carbocycles. The van der Waals surface area contributed by atoms with Crippen molar-refractivity contribution in [3.05, 3.63) is 72.3 Å². The Morgan fingerprint density at radius 1 is 1.04 bits per heavy atom. The van der Waals surface area contributed by atoms with Gasteiger partial charge in [0.05, 0.1) is 11.3 Å². The van der Waals surface area contributed by atoms with Crippen LogP contribution in [0.3, 0.4) is 0 Å². The van der Waals surface area contributed by atoms with E-state index in [1.54, 1.807) is 11.0 Å². The molecule has 6 nitrogen and oxygen atoms in total. The molecule has 1 aromatic heterocycles. The quantitative estimate of drug-likeness (QED) is 0.720. The third-order valence-electron chi connectivity index (χ3n) is 5.14. The minimum absolute atomic E-state index is 0.0398. The van der Waals surface area contributed by atoms with Crippen LogP contribution in [0, 0.1) is 6.92 Å². The Balaban J connectivity index is 1.56. The van der Waals surface area contributed by atoms with Gasteiger partial charge in [0.25, 0.3) is 5.91 Å². The van der Waals surface area contributed by atoms with Gasteiger partial charge in [-0.25, -0.2) is 9.67 Å². The van der Waals surface area contributed by atoms with Crippen molar-refractivity contribution in [2.24, 2.45) is 0 Å². The molecule has 138 valence electrons. The zero-order valence-corrected chi connectivity index (χ0v) is 15.6. The zero-order valence-electron chi connectivity index (χ0n) is 15.6. The van der Waals surface area contributed by atoms with Crippen LogP contribution in [-0.2, 0) is 0 Å². The molecule has 0 bridgehead atoms. The van der Waals surface area contributed by atoms with Crippen LogP contribution >= 0.6 is 0 Å². The first-order valence-electron chi connectivity index (χ1n) is 9.20. The van der Waals surface area contributed by atoms with Crippen LogP contribution in [0.1, 0.15) is 22.8 Å². The van der Waals surface area contributed by atoms with Crippen molar-refractivity contribution in [1.82, 2.24) is 19.7 Å². The van der Waals surface area contributed by atoms with Gasteiger partial charge in [-0.3, -0.25) is 4.79 Å². The lowest BCUT2D eigenvalue weighted by molar-refractivity contribution is 0.0674. The maximum atomic E-state index is 13.3. The van der Waals surface area contributed by atoms with Gasteiger partial charge in [0, 0.05) is 31.4 Å². The minimum atomic E-state index is 0.0398. The Labute approximate surface area is 159 Å². The van der Waals surface area contributed by atoms with Gasteiger partial charge in [0.15, 0.2) is 0 Å². The van der Waals surface area contributed by atoms with E-state index in [-0.39, 0.29) is 11.9 Å². The van der Waals surface area contributed by atoms with E-state index in [2.05, 4.69) is 53.1 Å². The second-order valence-electron chi connectivity index (χ2n) is 6.94. The Bertz CT molecular complexity index is 937. The highest BCUT2D eigenvalue weighted by Crippen LogP contribution is 2.24. The number of para-hydroxylation sites is 2. The molecule has 1 unspecified atom stereocenters. The van der Waals surface area contributed by atoms with Crippen LogP contribution in [0.4, 0.5) is 5.69 Å².